The molecule has 2 aromatic rings. The highest BCUT2D eigenvalue weighted by molar-refractivity contribution is 6.42. The van der Waals surface area contributed by atoms with Crippen molar-refractivity contribution in [2.75, 3.05) is 11.9 Å². The molecule has 1 aliphatic carbocycles. The molecule has 6 nitrogen and oxygen atoms in total. The van der Waals surface area contributed by atoms with Crippen LogP contribution in [0.4, 0.5) is 10.5 Å². The number of nitrogens with one attached hydrogen (secondary N) is 2. The minimum Gasteiger partial charge on any atom is -0.386 e. The van der Waals surface area contributed by atoms with Crippen molar-refractivity contribution in [1.29, 1.82) is 0 Å². The van der Waals surface area contributed by atoms with Crippen molar-refractivity contribution >= 4 is 40.8 Å². The molecule has 2 aromatic carbocycles. The lowest BCUT2D eigenvalue weighted by atomic mass is 9.91. The number of hydrogen-bond acceptors (Lipinski definition) is 3. The summed E-state index contributed by atoms with van der Waals surface area (Å²) < 4.78 is 0. The number of aliphatic hydroxyl groups excluding tert-OH is 1. The molecule has 0 aromatic heterocycles. The number of hydrogen-bond donors (Lipinski definition) is 3. The van der Waals surface area contributed by atoms with Crippen LogP contribution in [0, 0.1) is 5.41 Å². The number of carbonyl (C=O) groups is 2. The summed E-state index contributed by atoms with van der Waals surface area (Å²) in [7, 11) is 0. The van der Waals surface area contributed by atoms with Gasteiger partial charge in [-0.05, 0) is 43.0 Å². The smallest absolute Gasteiger partial charge is 0.322 e. The third kappa shape index (κ3) is 6.62. The van der Waals surface area contributed by atoms with Crippen LogP contribution in [0.2, 0.25) is 10.0 Å². The highest BCUT2D eigenvalue weighted by Gasteiger charge is 2.31. The van der Waals surface area contributed by atoms with E-state index < -0.39 is 11.5 Å². The lowest BCUT2D eigenvalue weighted by Gasteiger charge is -2.38. The number of nitrogens with zero attached hydrogens (tertiary/aromatic N) is 1. The monoisotopic (exact) mass is 491 g/mol. The van der Waals surface area contributed by atoms with Gasteiger partial charge in [0.25, 0.3) is 0 Å². The first-order valence-corrected chi connectivity index (χ1v) is 11.9. The van der Waals surface area contributed by atoms with Crippen molar-refractivity contribution in [1.82, 2.24) is 10.2 Å². The zero-order chi connectivity index (χ0) is 24.2. The molecular formula is C25H31Cl2N3O3. The van der Waals surface area contributed by atoms with Gasteiger partial charge in [0.2, 0.25) is 5.91 Å². The average molecular weight is 492 g/mol. The molecule has 0 saturated heterocycles. The number of halogens is 2. The molecule has 1 atom stereocenters. The number of benzene rings is 2. The molecule has 3 amide bonds. The van der Waals surface area contributed by atoms with Gasteiger partial charge in [0.1, 0.15) is 0 Å². The van der Waals surface area contributed by atoms with Crippen LogP contribution in [0.15, 0.2) is 42.5 Å². The van der Waals surface area contributed by atoms with Gasteiger partial charge in [-0.2, -0.15) is 0 Å². The lowest BCUT2D eigenvalue weighted by Crippen LogP contribution is -2.48. The molecular weight excluding hydrogens is 461 g/mol. The van der Waals surface area contributed by atoms with Gasteiger partial charge in [-0.15, -0.1) is 0 Å². The van der Waals surface area contributed by atoms with Gasteiger partial charge in [0, 0.05) is 29.3 Å². The van der Waals surface area contributed by atoms with Crippen molar-refractivity contribution in [3.05, 3.63) is 63.6 Å². The van der Waals surface area contributed by atoms with Gasteiger partial charge < -0.3 is 20.6 Å². The second-order valence-corrected chi connectivity index (χ2v) is 10.2. The minimum absolute atomic E-state index is 0.0191. The maximum Gasteiger partial charge on any atom is 0.322 e. The Hall–Kier alpha value is -2.28. The molecule has 3 rings (SSSR count). The summed E-state index contributed by atoms with van der Waals surface area (Å²) in [6.07, 6.45) is 1.90. The van der Waals surface area contributed by atoms with Gasteiger partial charge in [0.05, 0.1) is 22.7 Å². The fraction of sp³-hybridized carbons (Fsp3) is 0.440. The van der Waals surface area contributed by atoms with Gasteiger partial charge >= 0.3 is 6.03 Å². The molecule has 178 valence electrons. The van der Waals surface area contributed by atoms with Crippen LogP contribution in [0.25, 0.3) is 0 Å². The highest BCUT2D eigenvalue weighted by atomic mass is 35.5. The van der Waals surface area contributed by atoms with Crippen LogP contribution in [0.1, 0.15) is 57.3 Å². The molecule has 33 heavy (non-hydrogen) atoms. The van der Waals surface area contributed by atoms with Crippen LogP contribution in [-0.4, -0.2) is 34.5 Å². The molecule has 0 bridgehead atoms. The first-order valence-electron chi connectivity index (χ1n) is 11.1. The third-order valence-corrected chi connectivity index (χ3v) is 6.66. The number of carbonyl (C=O) groups excluding carboxylic acids is 2. The minimum atomic E-state index is -0.948. The molecule has 0 heterocycles. The fourth-order valence-corrected chi connectivity index (χ4v) is 3.94. The molecule has 0 spiro atoms. The summed E-state index contributed by atoms with van der Waals surface area (Å²) >= 11 is 12.3. The zero-order valence-electron chi connectivity index (χ0n) is 19.2. The number of rotatable bonds is 7. The third-order valence-electron chi connectivity index (χ3n) is 5.83. The van der Waals surface area contributed by atoms with E-state index in [9.17, 15) is 14.7 Å². The molecule has 0 aliphatic heterocycles. The molecule has 1 fully saturated rings. The van der Waals surface area contributed by atoms with Gasteiger partial charge in [-0.1, -0.05) is 68.2 Å². The Morgan fingerprint density at radius 2 is 1.79 bits per heavy atom. The summed E-state index contributed by atoms with van der Waals surface area (Å²) in [6, 6.07) is 12.3. The van der Waals surface area contributed by atoms with Crippen LogP contribution >= 0.6 is 23.2 Å². The molecule has 0 unspecified atom stereocenters. The van der Waals surface area contributed by atoms with Crippen LogP contribution in [0.5, 0.6) is 0 Å². The van der Waals surface area contributed by atoms with Crippen LogP contribution in [-0.2, 0) is 11.3 Å². The second-order valence-electron chi connectivity index (χ2n) is 9.46. The van der Waals surface area contributed by atoms with Crippen molar-refractivity contribution in [2.24, 2.45) is 5.41 Å². The summed E-state index contributed by atoms with van der Waals surface area (Å²) in [6.45, 7) is 6.14. The predicted molar refractivity (Wildman–Crippen MR) is 133 cm³/mol. The first kappa shape index (κ1) is 25.3. The summed E-state index contributed by atoms with van der Waals surface area (Å²) in [4.78, 5) is 26.8. The summed E-state index contributed by atoms with van der Waals surface area (Å²) in [5.41, 5.74) is 1.64. The second kappa shape index (κ2) is 10.8. The molecule has 3 N–H and O–H groups in total. The number of aliphatic hydroxyl groups is 1. The maximum atomic E-state index is 13.1. The normalized spacial score (nSPS) is 14.8. The van der Waals surface area contributed by atoms with E-state index in [0.717, 1.165) is 24.8 Å². The van der Waals surface area contributed by atoms with E-state index in [1.807, 2.05) is 32.9 Å². The summed E-state index contributed by atoms with van der Waals surface area (Å²) in [5, 5.41) is 17.3. The number of anilines is 1. The summed E-state index contributed by atoms with van der Waals surface area (Å²) in [5.74, 6) is -0.0191. The van der Waals surface area contributed by atoms with Crippen molar-refractivity contribution in [3.8, 4) is 0 Å². The van der Waals surface area contributed by atoms with Crippen molar-refractivity contribution < 1.29 is 14.7 Å². The number of amides is 3. The Balaban J connectivity index is 1.63. The van der Waals surface area contributed by atoms with E-state index in [4.69, 9.17) is 23.2 Å². The number of urea groups is 1. The van der Waals surface area contributed by atoms with Crippen LogP contribution < -0.4 is 10.6 Å². The van der Waals surface area contributed by atoms with E-state index in [2.05, 4.69) is 10.6 Å². The zero-order valence-corrected chi connectivity index (χ0v) is 20.7. The quantitative estimate of drug-likeness (QED) is 0.459. The average Bonchev–Trinajstić information content (AvgIpc) is 2.72. The topological polar surface area (TPSA) is 81.7 Å². The Labute approximate surface area is 205 Å². The Bertz CT molecular complexity index is 985. The Morgan fingerprint density at radius 1 is 1.12 bits per heavy atom. The van der Waals surface area contributed by atoms with Gasteiger partial charge in [-0.25, -0.2) is 4.79 Å². The molecule has 0 radical (unpaired) electrons. The van der Waals surface area contributed by atoms with Gasteiger partial charge in [0.15, 0.2) is 0 Å². The van der Waals surface area contributed by atoms with E-state index >= 15 is 0 Å². The first-order chi connectivity index (χ1) is 15.6. The Morgan fingerprint density at radius 3 is 2.36 bits per heavy atom. The Kier molecular flexibility index (Phi) is 8.27. The van der Waals surface area contributed by atoms with E-state index in [1.165, 1.54) is 0 Å². The van der Waals surface area contributed by atoms with Crippen molar-refractivity contribution in [3.63, 3.8) is 0 Å². The molecule has 1 aliphatic rings. The predicted octanol–water partition coefficient (Wildman–Crippen LogP) is 5.78. The highest BCUT2D eigenvalue weighted by Crippen LogP contribution is 2.32. The molecule has 8 heteroatoms. The molecule has 1 saturated carbocycles. The van der Waals surface area contributed by atoms with Crippen molar-refractivity contribution in [2.45, 2.75) is 58.7 Å². The fourth-order valence-electron chi connectivity index (χ4n) is 3.51. The van der Waals surface area contributed by atoms with Gasteiger partial charge in [-0.3, -0.25) is 4.79 Å². The lowest BCUT2D eigenvalue weighted by molar-refractivity contribution is -0.128. The SMILES string of the molecule is CC(C)(C)C(=O)NCc1ccc(NC(=O)N(C[C@@H](O)c2cccc(Cl)c2Cl)C2CCC2)cc1. The van der Waals surface area contributed by atoms with E-state index in [1.54, 1.807) is 35.2 Å². The maximum absolute atomic E-state index is 13.1. The van der Waals surface area contributed by atoms with Crippen LogP contribution in [0.3, 0.4) is 0 Å². The standard InChI is InChI=1S/C25H31Cl2N3O3/c1-25(2,3)23(32)28-14-16-10-12-17(13-11-16)29-24(33)30(18-6-4-7-18)15-21(31)19-8-5-9-20(26)22(19)27/h5,8-13,18,21,31H,4,6-7,14-15H2,1-3H3,(H,28,32)(H,29,33)/t21-/m1/s1. The van der Waals surface area contributed by atoms with E-state index in [0.29, 0.717) is 27.8 Å². The van der Waals surface area contributed by atoms with E-state index in [-0.39, 0.29) is 24.5 Å². The largest absolute Gasteiger partial charge is 0.386 e.